The van der Waals surface area contributed by atoms with E-state index in [0.29, 0.717) is 57.0 Å². The summed E-state index contributed by atoms with van der Waals surface area (Å²) in [6.45, 7) is 14.9. The van der Waals surface area contributed by atoms with Gasteiger partial charge < -0.3 is 29.3 Å². The van der Waals surface area contributed by atoms with Crippen LogP contribution in [0.1, 0.15) is 43.2 Å². The number of nitrogens with one attached hydrogen (secondary N) is 1. The number of aromatic nitrogens is 3. The summed E-state index contributed by atoms with van der Waals surface area (Å²) in [6.07, 6.45) is 4.06. The lowest BCUT2D eigenvalue weighted by atomic mass is 10.0. The van der Waals surface area contributed by atoms with Crippen LogP contribution in [0.5, 0.6) is 5.88 Å². The number of pyridine rings is 1. The van der Waals surface area contributed by atoms with Gasteiger partial charge in [-0.25, -0.2) is 19.7 Å². The van der Waals surface area contributed by atoms with Crippen molar-refractivity contribution in [1.82, 2.24) is 19.9 Å². The third-order valence-electron chi connectivity index (χ3n) is 8.62. The number of fused-ring (bicyclic) bond motifs is 2. The Balaban J connectivity index is 1.16. The highest BCUT2D eigenvalue weighted by molar-refractivity contribution is 5.95. The number of rotatable bonds is 6. The van der Waals surface area contributed by atoms with Crippen LogP contribution in [0.15, 0.2) is 30.6 Å². The van der Waals surface area contributed by atoms with Gasteiger partial charge in [-0.15, -0.1) is 0 Å². The van der Waals surface area contributed by atoms with Crippen LogP contribution < -0.4 is 24.8 Å². The third kappa shape index (κ3) is 7.25. The van der Waals surface area contributed by atoms with Gasteiger partial charge in [0.2, 0.25) is 17.7 Å². The molecule has 13 nitrogen and oxygen atoms in total. The molecule has 5 heterocycles. The maximum absolute atomic E-state index is 13.1. The zero-order valence-corrected chi connectivity index (χ0v) is 28.1. The number of aryl methyl sites for hydroxylation is 1. The molecule has 0 bridgehead atoms. The van der Waals surface area contributed by atoms with Crippen molar-refractivity contribution in [2.45, 2.75) is 53.2 Å². The van der Waals surface area contributed by atoms with E-state index in [1.165, 1.54) is 0 Å². The van der Waals surface area contributed by atoms with Gasteiger partial charge in [0.1, 0.15) is 17.9 Å². The average Bonchev–Trinajstić information content (AvgIpc) is 3.04. The predicted octanol–water partition coefficient (Wildman–Crippen LogP) is 4.22. The molecule has 6 rings (SSSR count). The van der Waals surface area contributed by atoms with E-state index in [9.17, 15) is 9.59 Å². The maximum atomic E-state index is 13.1. The summed E-state index contributed by atoms with van der Waals surface area (Å²) in [4.78, 5) is 47.8. The van der Waals surface area contributed by atoms with Gasteiger partial charge >= 0.3 is 6.09 Å². The number of nitrogens with zero attached hydrogens (tertiary/aromatic N) is 7. The Morgan fingerprint density at radius 2 is 1.83 bits per heavy atom. The van der Waals surface area contributed by atoms with Crippen LogP contribution in [0, 0.1) is 13.8 Å². The fraction of sp³-hybridized carbons (Fsp3) is 0.500. The Bertz CT molecular complexity index is 1650. The standard InChI is InChI=1S/C34H44N8O5/c1-22-17-25(7-8-27(22)39(6)29(43)21-40-11-14-45-15-12-40)37-32-36-18-24-9-10-41(20-26(24)38-32)28-19-35-31-30(23(28)2)42(13-16-46-31)33(44)47-34(3,4)5/h7-8,17-19H,9-16,20-21H2,1-6H3,(H,36,37,38). The first-order chi connectivity index (χ1) is 22.5. The van der Waals surface area contributed by atoms with Gasteiger partial charge in [0.05, 0.1) is 50.4 Å². The van der Waals surface area contributed by atoms with Gasteiger partial charge in [0, 0.05) is 49.8 Å². The van der Waals surface area contributed by atoms with E-state index in [4.69, 9.17) is 19.2 Å². The molecular weight excluding hydrogens is 600 g/mol. The molecule has 1 fully saturated rings. The number of carbonyl (C=O) groups excluding carboxylic acids is 2. The second-order valence-corrected chi connectivity index (χ2v) is 13.2. The zero-order chi connectivity index (χ0) is 33.3. The van der Waals surface area contributed by atoms with E-state index < -0.39 is 11.7 Å². The van der Waals surface area contributed by atoms with Crippen LogP contribution in [0.4, 0.5) is 33.5 Å². The fourth-order valence-corrected chi connectivity index (χ4v) is 6.15. The first kappa shape index (κ1) is 32.5. The molecule has 0 aliphatic carbocycles. The molecule has 2 aromatic heterocycles. The van der Waals surface area contributed by atoms with E-state index in [1.807, 2.05) is 72.3 Å². The molecule has 0 radical (unpaired) electrons. The van der Waals surface area contributed by atoms with Gasteiger partial charge in [-0.1, -0.05) is 0 Å². The van der Waals surface area contributed by atoms with Crippen LogP contribution in [0.3, 0.4) is 0 Å². The van der Waals surface area contributed by atoms with Crippen molar-refractivity contribution in [3.63, 3.8) is 0 Å². The topological polar surface area (TPSA) is 125 Å². The molecule has 0 atom stereocenters. The number of carbonyl (C=O) groups is 2. The normalized spacial score (nSPS) is 16.6. The van der Waals surface area contributed by atoms with Gasteiger partial charge in [-0.05, 0) is 70.4 Å². The fourth-order valence-electron chi connectivity index (χ4n) is 6.15. The second-order valence-electron chi connectivity index (χ2n) is 13.2. The molecule has 0 unspecified atom stereocenters. The first-order valence-electron chi connectivity index (χ1n) is 16.1. The Morgan fingerprint density at radius 1 is 1.04 bits per heavy atom. The van der Waals surface area contributed by atoms with Crippen LogP contribution in [0.25, 0.3) is 0 Å². The van der Waals surface area contributed by atoms with E-state index in [2.05, 4.69) is 25.1 Å². The number of benzene rings is 1. The van der Waals surface area contributed by atoms with Crippen molar-refractivity contribution in [1.29, 1.82) is 0 Å². The second kappa shape index (κ2) is 13.3. The summed E-state index contributed by atoms with van der Waals surface area (Å²) in [7, 11) is 1.82. The van der Waals surface area contributed by atoms with E-state index in [1.54, 1.807) is 9.80 Å². The Kier molecular flexibility index (Phi) is 9.20. The van der Waals surface area contributed by atoms with Crippen LogP contribution in [-0.4, -0.2) is 97.0 Å². The Morgan fingerprint density at radius 3 is 2.57 bits per heavy atom. The number of hydrogen-bond acceptors (Lipinski definition) is 11. The molecule has 47 heavy (non-hydrogen) atoms. The average molecular weight is 645 g/mol. The Hall–Kier alpha value is -4.49. The minimum absolute atomic E-state index is 0.0488. The number of likely N-dealkylation sites (N-methyl/N-ethyl adjacent to an activating group) is 1. The predicted molar refractivity (Wildman–Crippen MR) is 180 cm³/mol. The molecule has 1 aromatic carbocycles. The first-order valence-corrected chi connectivity index (χ1v) is 16.1. The number of morpholine rings is 1. The molecule has 2 amide bonds. The molecule has 3 aromatic rings. The molecule has 0 spiro atoms. The van der Waals surface area contributed by atoms with Gasteiger partial charge in [-0.2, -0.15) is 0 Å². The highest BCUT2D eigenvalue weighted by Gasteiger charge is 2.33. The molecule has 250 valence electrons. The van der Waals surface area contributed by atoms with Crippen LogP contribution in [-0.2, 0) is 27.2 Å². The van der Waals surface area contributed by atoms with Crippen molar-refractivity contribution in [2.75, 3.05) is 79.6 Å². The molecule has 3 aliphatic heterocycles. The monoisotopic (exact) mass is 644 g/mol. The lowest BCUT2D eigenvalue weighted by Gasteiger charge is -2.35. The quantitative estimate of drug-likeness (QED) is 0.415. The van der Waals surface area contributed by atoms with E-state index >= 15 is 0 Å². The SMILES string of the molecule is Cc1cc(Nc2ncc3c(n2)CN(c2cnc4c(c2C)N(C(=O)OC(C)(C)C)CCO4)CC3)ccc1N(C)C(=O)CN1CCOCC1. The molecule has 13 heteroatoms. The minimum Gasteiger partial charge on any atom is -0.474 e. The summed E-state index contributed by atoms with van der Waals surface area (Å²) >= 11 is 0. The summed E-state index contributed by atoms with van der Waals surface area (Å²) < 4.78 is 16.9. The van der Waals surface area contributed by atoms with Gasteiger partial charge in [0.15, 0.2) is 0 Å². The highest BCUT2D eigenvalue weighted by atomic mass is 16.6. The minimum atomic E-state index is -0.615. The Labute approximate surface area is 275 Å². The zero-order valence-electron chi connectivity index (χ0n) is 28.1. The van der Waals surface area contributed by atoms with Crippen molar-refractivity contribution < 1.29 is 23.8 Å². The van der Waals surface area contributed by atoms with E-state index in [-0.39, 0.29) is 5.91 Å². The smallest absolute Gasteiger partial charge is 0.415 e. The van der Waals surface area contributed by atoms with Gasteiger partial charge in [0.25, 0.3) is 0 Å². The van der Waals surface area contributed by atoms with Crippen molar-refractivity contribution in [3.8, 4) is 5.88 Å². The van der Waals surface area contributed by atoms with Crippen LogP contribution in [0.2, 0.25) is 0 Å². The van der Waals surface area contributed by atoms with Crippen molar-refractivity contribution >= 4 is 40.7 Å². The summed E-state index contributed by atoms with van der Waals surface area (Å²) in [6, 6.07) is 5.89. The highest BCUT2D eigenvalue weighted by Crippen LogP contribution is 2.40. The lowest BCUT2D eigenvalue weighted by Crippen LogP contribution is -2.43. The van der Waals surface area contributed by atoms with Crippen molar-refractivity contribution in [2.24, 2.45) is 0 Å². The molecule has 1 N–H and O–H groups in total. The van der Waals surface area contributed by atoms with Crippen molar-refractivity contribution in [3.05, 3.63) is 53.0 Å². The summed E-state index contributed by atoms with van der Waals surface area (Å²) in [5.41, 5.74) is 6.54. The molecular formula is C34H44N8O5. The summed E-state index contributed by atoms with van der Waals surface area (Å²) in [5, 5.41) is 3.35. The van der Waals surface area contributed by atoms with Gasteiger partial charge in [-0.3, -0.25) is 14.6 Å². The molecule has 3 aliphatic rings. The third-order valence-corrected chi connectivity index (χ3v) is 8.62. The number of anilines is 5. The molecule has 1 saturated heterocycles. The summed E-state index contributed by atoms with van der Waals surface area (Å²) in [5.74, 6) is 0.982. The van der Waals surface area contributed by atoms with Crippen LogP contribution >= 0.6 is 0 Å². The molecule has 0 saturated carbocycles. The lowest BCUT2D eigenvalue weighted by molar-refractivity contribution is -0.120. The number of amides is 2. The van der Waals surface area contributed by atoms with E-state index in [0.717, 1.165) is 65.5 Å². The number of hydrogen-bond donors (Lipinski definition) is 1. The largest absolute Gasteiger partial charge is 0.474 e. The maximum Gasteiger partial charge on any atom is 0.415 e. The number of ether oxygens (including phenoxy) is 3.